The van der Waals surface area contributed by atoms with Gasteiger partial charge in [0.2, 0.25) is 5.28 Å². The Kier molecular flexibility index (Phi) is 3.88. The van der Waals surface area contributed by atoms with Crippen molar-refractivity contribution >= 4 is 27.4 Å². The van der Waals surface area contributed by atoms with E-state index in [2.05, 4.69) is 14.7 Å². The maximum atomic E-state index is 12.2. The summed E-state index contributed by atoms with van der Waals surface area (Å²) in [5, 5.41) is 8.72. The Balaban J connectivity index is 2.39. The third kappa shape index (κ3) is 3.04. The van der Waals surface area contributed by atoms with Gasteiger partial charge >= 0.3 is 0 Å². The zero-order chi connectivity index (χ0) is 14.8. The summed E-state index contributed by atoms with van der Waals surface area (Å²) in [6.45, 7) is 1.61. The highest BCUT2D eigenvalue weighted by atomic mass is 35.5. The lowest BCUT2D eigenvalue weighted by atomic mass is 10.2. The Bertz CT molecular complexity index is 799. The molecular formula is C12H9ClN4O2S. The van der Waals surface area contributed by atoms with Crippen LogP contribution < -0.4 is 4.72 Å². The van der Waals surface area contributed by atoms with Crippen molar-refractivity contribution in [1.29, 1.82) is 5.26 Å². The second-order valence-electron chi connectivity index (χ2n) is 3.91. The van der Waals surface area contributed by atoms with E-state index >= 15 is 0 Å². The van der Waals surface area contributed by atoms with E-state index in [9.17, 15) is 8.42 Å². The van der Waals surface area contributed by atoms with Gasteiger partial charge in [-0.15, -0.1) is 0 Å². The fourth-order valence-electron chi connectivity index (χ4n) is 1.60. The van der Waals surface area contributed by atoms with Gasteiger partial charge in [0, 0.05) is 6.20 Å². The number of hydrogen-bond donors (Lipinski definition) is 1. The highest BCUT2D eigenvalue weighted by molar-refractivity contribution is 7.92. The Morgan fingerprint density at radius 1 is 1.35 bits per heavy atom. The lowest BCUT2D eigenvalue weighted by Crippen LogP contribution is -2.15. The summed E-state index contributed by atoms with van der Waals surface area (Å²) in [7, 11) is -3.79. The number of nitriles is 1. The maximum Gasteiger partial charge on any atom is 0.263 e. The van der Waals surface area contributed by atoms with E-state index in [1.165, 1.54) is 30.5 Å². The van der Waals surface area contributed by atoms with Crippen molar-refractivity contribution in [2.24, 2.45) is 0 Å². The molecule has 0 atom stereocenters. The number of sulfonamides is 1. The van der Waals surface area contributed by atoms with Crippen molar-refractivity contribution < 1.29 is 8.42 Å². The van der Waals surface area contributed by atoms with Crippen LogP contribution in [0.2, 0.25) is 5.28 Å². The summed E-state index contributed by atoms with van der Waals surface area (Å²) in [6.07, 6.45) is 1.35. The topological polar surface area (TPSA) is 95.7 Å². The molecule has 0 aliphatic heterocycles. The Morgan fingerprint density at radius 3 is 2.70 bits per heavy atom. The summed E-state index contributed by atoms with van der Waals surface area (Å²) in [5.41, 5.74) is 0.864. The molecule has 2 rings (SSSR count). The number of benzene rings is 1. The molecule has 0 saturated heterocycles. The molecule has 1 aromatic carbocycles. The van der Waals surface area contributed by atoms with Gasteiger partial charge in [0.15, 0.2) is 0 Å². The maximum absolute atomic E-state index is 12.2. The molecule has 102 valence electrons. The van der Waals surface area contributed by atoms with Crippen LogP contribution in [-0.2, 0) is 10.0 Å². The van der Waals surface area contributed by atoms with Crippen LogP contribution >= 0.6 is 11.6 Å². The zero-order valence-electron chi connectivity index (χ0n) is 10.3. The molecule has 6 nitrogen and oxygen atoms in total. The van der Waals surface area contributed by atoms with Gasteiger partial charge in [0.25, 0.3) is 10.0 Å². The molecule has 8 heteroatoms. The number of hydrogen-bond acceptors (Lipinski definition) is 5. The minimum absolute atomic E-state index is 0.0539. The third-order valence-electron chi connectivity index (χ3n) is 2.46. The number of aryl methyl sites for hydroxylation is 1. The number of nitrogens with zero attached hydrogens (tertiary/aromatic N) is 3. The standard InChI is InChI=1S/C12H9ClN4O2S/c1-8-6-9(7-14)2-3-10(8)20(18,19)17-11-4-5-15-12(13)16-11/h2-6H,1H3,(H,15,16,17). The molecule has 0 bridgehead atoms. The monoisotopic (exact) mass is 308 g/mol. The first kappa shape index (κ1) is 14.2. The quantitative estimate of drug-likeness (QED) is 0.876. The van der Waals surface area contributed by atoms with Crippen LogP contribution in [0.4, 0.5) is 5.82 Å². The lowest BCUT2D eigenvalue weighted by Gasteiger charge is -2.09. The van der Waals surface area contributed by atoms with Crippen molar-refractivity contribution in [3.8, 4) is 6.07 Å². The summed E-state index contributed by atoms with van der Waals surface area (Å²) in [6, 6.07) is 7.66. The van der Waals surface area contributed by atoms with Crippen LogP contribution in [0.3, 0.4) is 0 Å². The van der Waals surface area contributed by atoms with Crippen LogP contribution in [0.25, 0.3) is 0 Å². The molecule has 1 N–H and O–H groups in total. The van der Waals surface area contributed by atoms with E-state index in [0.29, 0.717) is 11.1 Å². The van der Waals surface area contributed by atoms with Crippen LogP contribution in [-0.4, -0.2) is 18.4 Å². The normalized spacial score (nSPS) is 10.8. The summed E-state index contributed by atoms with van der Waals surface area (Å²) in [4.78, 5) is 7.50. The summed E-state index contributed by atoms with van der Waals surface area (Å²) < 4.78 is 26.8. The molecule has 0 unspecified atom stereocenters. The van der Waals surface area contributed by atoms with Gasteiger partial charge in [0.05, 0.1) is 16.5 Å². The first-order valence-corrected chi connectivity index (χ1v) is 7.30. The van der Waals surface area contributed by atoms with Crippen LogP contribution in [0, 0.1) is 18.3 Å². The highest BCUT2D eigenvalue weighted by Crippen LogP contribution is 2.19. The summed E-state index contributed by atoms with van der Waals surface area (Å²) >= 11 is 5.60. The number of aromatic nitrogens is 2. The predicted molar refractivity (Wildman–Crippen MR) is 73.7 cm³/mol. The Hall–Kier alpha value is -2.17. The minimum Gasteiger partial charge on any atom is -0.263 e. The lowest BCUT2D eigenvalue weighted by molar-refractivity contribution is 0.600. The van der Waals surface area contributed by atoms with E-state index in [4.69, 9.17) is 16.9 Å². The smallest absolute Gasteiger partial charge is 0.263 e. The highest BCUT2D eigenvalue weighted by Gasteiger charge is 2.18. The molecular weight excluding hydrogens is 300 g/mol. The molecule has 0 fully saturated rings. The average Bonchev–Trinajstić information content (AvgIpc) is 2.37. The van der Waals surface area contributed by atoms with Gasteiger partial charge < -0.3 is 0 Å². The van der Waals surface area contributed by atoms with Gasteiger partial charge in [-0.1, -0.05) is 0 Å². The largest absolute Gasteiger partial charge is 0.263 e. The minimum atomic E-state index is -3.79. The van der Waals surface area contributed by atoms with Crippen LogP contribution in [0.5, 0.6) is 0 Å². The van der Waals surface area contributed by atoms with E-state index < -0.39 is 10.0 Å². The van der Waals surface area contributed by atoms with E-state index in [0.717, 1.165) is 0 Å². The zero-order valence-corrected chi connectivity index (χ0v) is 11.9. The first-order chi connectivity index (χ1) is 9.42. The van der Waals surface area contributed by atoms with Gasteiger partial charge in [-0.2, -0.15) is 10.2 Å². The van der Waals surface area contributed by atoms with Crippen LogP contribution in [0.1, 0.15) is 11.1 Å². The van der Waals surface area contributed by atoms with E-state index in [1.807, 2.05) is 6.07 Å². The molecule has 0 aliphatic rings. The average molecular weight is 309 g/mol. The van der Waals surface area contributed by atoms with Gasteiger partial charge in [-0.3, -0.25) is 4.72 Å². The number of halogens is 1. The third-order valence-corrected chi connectivity index (χ3v) is 4.16. The number of nitrogens with one attached hydrogen (secondary N) is 1. The predicted octanol–water partition coefficient (Wildman–Crippen LogP) is 2.11. The SMILES string of the molecule is Cc1cc(C#N)ccc1S(=O)(=O)Nc1ccnc(Cl)n1. The van der Waals surface area contributed by atoms with Crippen LogP contribution in [0.15, 0.2) is 35.4 Å². The van der Waals surface area contributed by atoms with Gasteiger partial charge in [-0.05, 0) is 48.4 Å². The van der Waals surface area contributed by atoms with Gasteiger partial charge in [0.1, 0.15) is 5.82 Å². The fourth-order valence-corrected chi connectivity index (χ4v) is 2.98. The van der Waals surface area contributed by atoms with E-state index in [1.54, 1.807) is 6.92 Å². The molecule has 0 aliphatic carbocycles. The Labute approximate surface area is 121 Å². The van der Waals surface area contributed by atoms with Crippen molar-refractivity contribution in [1.82, 2.24) is 9.97 Å². The molecule has 20 heavy (non-hydrogen) atoms. The van der Waals surface area contributed by atoms with Crippen molar-refractivity contribution in [2.45, 2.75) is 11.8 Å². The molecule has 2 aromatic rings. The number of rotatable bonds is 3. The van der Waals surface area contributed by atoms with Crippen molar-refractivity contribution in [2.75, 3.05) is 4.72 Å². The molecule has 0 saturated carbocycles. The van der Waals surface area contributed by atoms with Crippen molar-refractivity contribution in [3.63, 3.8) is 0 Å². The molecule has 0 radical (unpaired) electrons. The fraction of sp³-hybridized carbons (Fsp3) is 0.0833. The van der Waals surface area contributed by atoms with E-state index in [-0.39, 0.29) is 16.0 Å². The first-order valence-electron chi connectivity index (χ1n) is 5.44. The number of anilines is 1. The molecule has 1 heterocycles. The molecule has 0 spiro atoms. The second-order valence-corrected chi connectivity index (χ2v) is 5.90. The summed E-state index contributed by atoms with van der Waals surface area (Å²) in [5.74, 6) is 0.0776. The van der Waals surface area contributed by atoms with Crippen molar-refractivity contribution in [3.05, 3.63) is 46.9 Å². The Morgan fingerprint density at radius 2 is 2.10 bits per heavy atom. The second kappa shape index (κ2) is 5.45. The van der Waals surface area contributed by atoms with Gasteiger partial charge in [-0.25, -0.2) is 13.4 Å². The molecule has 1 aromatic heterocycles. The molecule has 0 amide bonds.